The molecular weight excluding hydrogens is 404 g/mol. The Balaban J connectivity index is 1.66. The van der Waals surface area contributed by atoms with Gasteiger partial charge in [-0.3, -0.25) is 9.48 Å². The van der Waals surface area contributed by atoms with Gasteiger partial charge < -0.3 is 10.6 Å². The molecule has 29 heavy (non-hydrogen) atoms. The van der Waals surface area contributed by atoms with Crippen LogP contribution < -0.4 is 10.6 Å². The standard InChI is InChI=1S/C20H26N6OS2/c1-7-15-10-8-9-11(2)16(15)22-19-23-24-20(29-19)28-14(5)18(27)21-17-12(3)25-26(6)13(17)4/h8-10,14H,7H2,1-6H3,(H,21,27)(H,22,23). The van der Waals surface area contributed by atoms with E-state index in [1.165, 1.54) is 34.2 Å². The van der Waals surface area contributed by atoms with E-state index in [4.69, 9.17) is 0 Å². The smallest absolute Gasteiger partial charge is 0.237 e. The van der Waals surface area contributed by atoms with Gasteiger partial charge in [0.05, 0.1) is 22.3 Å². The molecule has 3 aromatic rings. The molecule has 7 nitrogen and oxygen atoms in total. The lowest BCUT2D eigenvalue weighted by atomic mass is 10.1. The zero-order valence-corrected chi connectivity index (χ0v) is 19.2. The van der Waals surface area contributed by atoms with Crippen molar-refractivity contribution in [3.05, 3.63) is 40.7 Å². The fourth-order valence-corrected chi connectivity index (χ4v) is 4.90. The molecule has 0 bridgehead atoms. The lowest BCUT2D eigenvalue weighted by Crippen LogP contribution is -2.23. The molecule has 0 aliphatic rings. The molecule has 9 heteroatoms. The van der Waals surface area contributed by atoms with Crippen LogP contribution in [0.2, 0.25) is 0 Å². The van der Waals surface area contributed by atoms with E-state index in [2.05, 4.69) is 58.0 Å². The van der Waals surface area contributed by atoms with Crippen molar-refractivity contribution in [1.82, 2.24) is 20.0 Å². The highest BCUT2D eigenvalue weighted by molar-refractivity contribution is 8.02. The van der Waals surface area contributed by atoms with Crippen molar-refractivity contribution in [3.8, 4) is 0 Å². The number of aryl methyl sites for hydroxylation is 4. The molecule has 0 radical (unpaired) electrons. The van der Waals surface area contributed by atoms with Gasteiger partial charge in [-0.25, -0.2) is 0 Å². The number of nitrogens with one attached hydrogen (secondary N) is 2. The normalized spacial score (nSPS) is 12.1. The SMILES string of the molecule is CCc1cccc(C)c1Nc1nnc(SC(C)C(=O)Nc2c(C)nn(C)c2C)s1. The van der Waals surface area contributed by atoms with E-state index in [-0.39, 0.29) is 11.2 Å². The van der Waals surface area contributed by atoms with Crippen LogP contribution in [0.25, 0.3) is 0 Å². The van der Waals surface area contributed by atoms with Crippen LogP contribution in [0.1, 0.15) is 36.4 Å². The number of anilines is 3. The lowest BCUT2D eigenvalue weighted by molar-refractivity contribution is -0.115. The second-order valence-electron chi connectivity index (χ2n) is 6.88. The highest BCUT2D eigenvalue weighted by Gasteiger charge is 2.20. The van der Waals surface area contributed by atoms with Gasteiger partial charge >= 0.3 is 0 Å². The molecule has 3 rings (SSSR count). The number of carbonyl (C=O) groups excluding carboxylic acids is 1. The molecule has 2 N–H and O–H groups in total. The van der Waals surface area contributed by atoms with E-state index in [0.717, 1.165) is 38.7 Å². The number of hydrogen-bond donors (Lipinski definition) is 2. The van der Waals surface area contributed by atoms with E-state index in [1.54, 1.807) is 4.68 Å². The number of rotatable bonds is 7. The predicted molar refractivity (Wildman–Crippen MR) is 120 cm³/mol. The molecule has 154 valence electrons. The first-order chi connectivity index (χ1) is 13.8. The van der Waals surface area contributed by atoms with Crippen LogP contribution in [-0.2, 0) is 18.3 Å². The summed E-state index contributed by atoms with van der Waals surface area (Å²) in [5, 5.41) is 19.6. The summed E-state index contributed by atoms with van der Waals surface area (Å²) in [6.45, 7) is 9.90. The quantitative estimate of drug-likeness (QED) is 0.532. The molecule has 1 amide bonds. The molecule has 0 spiro atoms. The van der Waals surface area contributed by atoms with Gasteiger partial charge in [0, 0.05) is 12.7 Å². The Hall–Kier alpha value is -2.39. The average molecular weight is 431 g/mol. The summed E-state index contributed by atoms with van der Waals surface area (Å²) >= 11 is 2.85. The fourth-order valence-electron chi connectivity index (χ4n) is 3.00. The van der Waals surface area contributed by atoms with Crippen molar-refractivity contribution >= 4 is 45.5 Å². The Morgan fingerprint density at radius 2 is 2.00 bits per heavy atom. The molecule has 2 heterocycles. The molecule has 0 saturated carbocycles. The van der Waals surface area contributed by atoms with Crippen LogP contribution in [-0.4, -0.2) is 31.1 Å². The van der Waals surface area contributed by atoms with Gasteiger partial charge in [0.25, 0.3) is 0 Å². The van der Waals surface area contributed by atoms with Crippen molar-refractivity contribution in [2.75, 3.05) is 10.6 Å². The molecule has 1 aromatic carbocycles. The summed E-state index contributed by atoms with van der Waals surface area (Å²) in [6.07, 6.45) is 0.939. The van der Waals surface area contributed by atoms with Crippen molar-refractivity contribution in [1.29, 1.82) is 0 Å². The van der Waals surface area contributed by atoms with Gasteiger partial charge in [0.1, 0.15) is 0 Å². The van der Waals surface area contributed by atoms with Gasteiger partial charge in [-0.1, -0.05) is 48.2 Å². The van der Waals surface area contributed by atoms with Gasteiger partial charge in [0.15, 0.2) is 4.34 Å². The summed E-state index contributed by atoms with van der Waals surface area (Å²) in [5.41, 5.74) is 6.00. The average Bonchev–Trinajstić information content (AvgIpc) is 3.22. The largest absolute Gasteiger partial charge is 0.330 e. The summed E-state index contributed by atoms with van der Waals surface area (Å²) in [4.78, 5) is 12.6. The highest BCUT2D eigenvalue weighted by Crippen LogP contribution is 2.33. The predicted octanol–water partition coefficient (Wildman–Crippen LogP) is 4.62. The van der Waals surface area contributed by atoms with Gasteiger partial charge in [0.2, 0.25) is 11.0 Å². The van der Waals surface area contributed by atoms with Crippen LogP contribution in [0, 0.1) is 20.8 Å². The second kappa shape index (κ2) is 8.96. The van der Waals surface area contributed by atoms with Crippen LogP contribution in [0.15, 0.2) is 22.5 Å². The third-order valence-electron chi connectivity index (χ3n) is 4.78. The minimum Gasteiger partial charge on any atom is -0.330 e. The van der Waals surface area contributed by atoms with Crippen LogP contribution in [0.5, 0.6) is 0 Å². The van der Waals surface area contributed by atoms with E-state index < -0.39 is 0 Å². The first-order valence-electron chi connectivity index (χ1n) is 9.46. The van der Waals surface area contributed by atoms with E-state index >= 15 is 0 Å². The van der Waals surface area contributed by atoms with Crippen molar-refractivity contribution in [3.63, 3.8) is 0 Å². The number of thioether (sulfide) groups is 1. The van der Waals surface area contributed by atoms with Crippen molar-refractivity contribution < 1.29 is 4.79 Å². The Bertz CT molecular complexity index is 1030. The van der Waals surface area contributed by atoms with Gasteiger partial charge in [-0.2, -0.15) is 5.10 Å². The third kappa shape index (κ3) is 4.79. The summed E-state index contributed by atoms with van der Waals surface area (Å²) in [6, 6.07) is 6.25. The Labute approximate surface area is 179 Å². The Morgan fingerprint density at radius 3 is 2.66 bits per heavy atom. The number of hydrogen-bond acceptors (Lipinski definition) is 7. The van der Waals surface area contributed by atoms with E-state index in [0.29, 0.717) is 0 Å². The number of carbonyl (C=O) groups is 1. The topological polar surface area (TPSA) is 84.7 Å². The number of para-hydroxylation sites is 1. The highest BCUT2D eigenvalue weighted by atomic mass is 32.2. The van der Waals surface area contributed by atoms with Gasteiger partial charge in [-0.15, -0.1) is 10.2 Å². The maximum absolute atomic E-state index is 12.6. The molecule has 0 aliphatic carbocycles. The zero-order valence-electron chi connectivity index (χ0n) is 17.5. The number of nitrogens with zero attached hydrogens (tertiary/aromatic N) is 4. The number of aromatic nitrogens is 4. The summed E-state index contributed by atoms with van der Waals surface area (Å²) < 4.78 is 2.52. The minimum atomic E-state index is -0.306. The van der Waals surface area contributed by atoms with E-state index in [1.807, 2.05) is 27.8 Å². The molecular formula is C20H26N6OS2. The Morgan fingerprint density at radius 1 is 1.24 bits per heavy atom. The van der Waals surface area contributed by atoms with Crippen LogP contribution >= 0.6 is 23.1 Å². The molecule has 0 saturated heterocycles. The third-order valence-corrected chi connectivity index (χ3v) is 6.81. The van der Waals surface area contributed by atoms with E-state index in [9.17, 15) is 4.79 Å². The second-order valence-corrected chi connectivity index (χ2v) is 9.44. The minimum absolute atomic E-state index is 0.0777. The van der Waals surface area contributed by atoms with Crippen LogP contribution in [0.4, 0.5) is 16.5 Å². The fraction of sp³-hybridized carbons (Fsp3) is 0.400. The zero-order chi connectivity index (χ0) is 21.1. The summed E-state index contributed by atoms with van der Waals surface area (Å²) in [5.74, 6) is -0.0777. The maximum Gasteiger partial charge on any atom is 0.237 e. The van der Waals surface area contributed by atoms with Gasteiger partial charge in [-0.05, 0) is 45.2 Å². The molecule has 0 aliphatic heterocycles. The first-order valence-corrected chi connectivity index (χ1v) is 11.2. The lowest BCUT2D eigenvalue weighted by Gasteiger charge is -2.11. The molecule has 2 aromatic heterocycles. The van der Waals surface area contributed by atoms with Crippen molar-refractivity contribution in [2.45, 2.75) is 50.6 Å². The molecule has 1 unspecified atom stereocenters. The monoisotopic (exact) mass is 430 g/mol. The first kappa shape index (κ1) is 21.3. The van der Waals surface area contributed by atoms with Crippen molar-refractivity contribution in [2.24, 2.45) is 7.05 Å². The number of benzene rings is 1. The Kier molecular flexibility index (Phi) is 6.59. The summed E-state index contributed by atoms with van der Waals surface area (Å²) in [7, 11) is 1.87. The molecule has 0 fully saturated rings. The van der Waals surface area contributed by atoms with Crippen LogP contribution in [0.3, 0.4) is 0 Å². The molecule has 1 atom stereocenters. The number of amides is 1. The maximum atomic E-state index is 12.6.